The van der Waals surface area contributed by atoms with E-state index in [-0.39, 0.29) is 41.9 Å². The third kappa shape index (κ3) is 7.88. The van der Waals surface area contributed by atoms with Crippen LogP contribution in [0.25, 0.3) is 15.7 Å². The highest BCUT2D eigenvalue weighted by Gasteiger charge is 2.27. The number of ketones is 1. The minimum atomic E-state index is -0.539. The summed E-state index contributed by atoms with van der Waals surface area (Å²) >= 11 is 1.39. The summed E-state index contributed by atoms with van der Waals surface area (Å²) in [7, 11) is 0. The Morgan fingerprint density at radius 3 is 2.55 bits per heavy atom. The minimum Gasteiger partial charge on any atom is -0.504 e. The van der Waals surface area contributed by atoms with Gasteiger partial charge in [-0.3, -0.25) is 9.78 Å². The number of rotatable bonds is 9. The summed E-state index contributed by atoms with van der Waals surface area (Å²) in [6.07, 6.45) is 4.58. The number of likely N-dealkylation sites (tertiary alicyclic amines) is 1. The molecule has 3 heterocycles. The molecular weight excluding hydrogens is 583 g/mol. The van der Waals surface area contributed by atoms with Gasteiger partial charge in [-0.1, -0.05) is 6.07 Å². The zero-order valence-electron chi connectivity index (χ0n) is 24.8. The average Bonchev–Trinajstić information content (AvgIpc) is 3.49. The van der Waals surface area contributed by atoms with E-state index in [2.05, 4.69) is 14.8 Å². The number of hydrogen-bond acceptors (Lipinski definition) is 8. The minimum absolute atomic E-state index is 0.0378. The average molecular weight is 617 g/mol. The van der Waals surface area contributed by atoms with Crippen LogP contribution < -0.4 is 9.47 Å². The monoisotopic (exact) mass is 616 g/mol. The molecule has 1 fully saturated rings. The number of nitrogens with zero attached hydrogens (tertiary/aromatic N) is 4. The van der Waals surface area contributed by atoms with Gasteiger partial charge in [-0.2, -0.15) is 0 Å². The van der Waals surface area contributed by atoms with Crippen molar-refractivity contribution in [1.82, 2.24) is 14.9 Å². The molecule has 1 amide bonds. The van der Waals surface area contributed by atoms with Gasteiger partial charge < -0.3 is 19.1 Å². The van der Waals surface area contributed by atoms with Crippen molar-refractivity contribution in [2.75, 3.05) is 19.7 Å². The number of Topliss-reactive ketones (excluding diaryl/α,β-unsaturated/α-hetero) is 1. The fourth-order valence-electron chi connectivity index (χ4n) is 4.89. The third-order valence-corrected chi connectivity index (χ3v) is 7.89. The number of pyridine rings is 1. The number of carbonyl (C=O) groups is 2. The number of amides is 1. The molecule has 11 heteroatoms. The van der Waals surface area contributed by atoms with Gasteiger partial charge in [0.15, 0.2) is 0 Å². The highest BCUT2D eigenvalue weighted by atomic mass is 32.1. The number of thiazole rings is 1. The summed E-state index contributed by atoms with van der Waals surface area (Å²) < 4.78 is 32.5. The number of halogens is 1. The molecular formula is C33H33FN4O5S. The van der Waals surface area contributed by atoms with Crippen LogP contribution in [0.4, 0.5) is 14.9 Å². The van der Waals surface area contributed by atoms with Crippen molar-refractivity contribution < 1.29 is 28.2 Å². The van der Waals surface area contributed by atoms with Crippen LogP contribution in [0.5, 0.6) is 17.2 Å². The second-order valence-corrected chi connectivity index (χ2v) is 12.6. The fourth-order valence-corrected chi connectivity index (χ4v) is 5.54. The number of carbonyl (C=O) groups excluding carboxylic acids is 2. The number of benzene rings is 2. The fraction of sp³-hybridized carbons (Fsp3) is 0.364. The van der Waals surface area contributed by atoms with Gasteiger partial charge in [0.2, 0.25) is 5.69 Å². The second-order valence-electron chi connectivity index (χ2n) is 11.7. The maximum atomic E-state index is 14.9. The van der Waals surface area contributed by atoms with Crippen molar-refractivity contribution in [3.63, 3.8) is 0 Å². The summed E-state index contributed by atoms with van der Waals surface area (Å²) in [4.78, 5) is 38.6. The number of piperidine rings is 1. The van der Waals surface area contributed by atoms with Crippen LogP contribution in [0.1, 0.15) is 44.2 Å². The molecule has 0 atom stereocenters. The van der Waals surface area contributed by atoms with Gasteiger partial charge in [-0.05, 0) is 69.4 Å². The van der Waals surface area contributed by atoms with Crippen molar-refractivity contribution in [2.24, 2.45) is 5.92 Å². The SMILES string of the molecule is [C-]#[N+]c1cc2c(Oc3ccc(CC(=O)Cc4nccs4)c(F)c3)ccnc2cc1OCC1CCN(C(=O)OC(C)(C)C)CC1. The van der Waals surface area contributed by atoms with Crippen molar-refractivity contribution in [1.29, 1.82) is 0 Å². The predicted molar refractivity (Wildman–Crippen MR) is 165 cm³/mol. The molecule has 0 N–H and O–H groups in total. The van der Waals surface area contributed by atoms with E-state index in [9.17, 15) is 14.0 Å². The van der Waals surface area contributed by atoms with E-state index in [1.54, 1.807) is 53.0 Å². The number of hydrogen-bond donors (Lipinski definition) is 0. The first-order chi connectivity index (χ1) is 21.1. The molecule has 0 bridgehead atoms. The molecule has 4 aromatic rings. The Hall–Kier alpha value is -4.56. The Morgan fingerprint density at radius 1 is 1.07 bits per heavy atom. The molecule has 1 aliphatic rings. The summed E-state index contributed by atoms with van der Waals surface area (Å²) in [5, 5.41) is 3.08. The van der Waals surface area contributed by atoms with E-state index in [0.717, 1.165) is 12.8 Å². The lowest BCUT2D eigenvalue weighted by molar-refractivity contribution is -0.117. The van der Waals surface area contributed by atoms with Gasteiger partial charge in [-0.25, -0.2) is 19.0 Å². The molecule has 9 nitrogen and oxygen atoms in total. The van der Waals surface area contributed by atoms with Gasteiger partial charge in [0.1, 0.15) is 34.5 Å². The van der Waals surface area contributed by atoms with Crippen LogP contribution in [0, 0.1) is 18.3 Å². The van der Waals surface area contributed by atoms with Gasteiger partial charge in [-0.15, -0.1) is 11.3 Å². The molecule has 0 unspecified atom stereocenters. The molecule has 2 aromatic carbocycles. The second kappa shape index (κ2) is 13.4. The Bertz CT molecular complexity index is 1690. The molecule has 0 spiro atoms. The zero-order chi connectivity index (χ0) is 31.3. The number of ether oxygens (including phenoxy) is 3. The lowest BCUT2D eigenvalue weighted by Gasteiger charge is -2.33. The Labute approximate surface area is 259 Å². The van der Waals surface area contributed by atoms with Gasteiger partial charge in [0.25, 0.3) is 0 Å². The maximum Gasteiger partial charge on any atom is 0.410 e. The highest BCUT2D eigenvalue weighted by molar-refractivity contribution is 7.09. The van der Waals surface area contributed by atoms with Crippen LogP contribution in [0.15, 0.2) is 54.2 Å². The largest absolute Gasteiger partial charge is 0.504 e. The van der Waals surface area contributed by atoms with Crippen molar-refractivity contribution in [3.8, 4) is 17.2 Å². The topological polar surface area (TPSA) is 95.2 Å². The summed E-state index contributed by atoms with van der Waals surface area (Å²) in [6, 6.07) is 9.43. The van der Waals surface area contributed by atoms with E-state index in [0.29, 0.717) is 52.8 Å². The lowest BCUT2D eigenvalue weighted by atomic mass is 9.98. The van der Waals surface area contributed by atoms with Crippen LogP contribution in [0.2, 0.25) is 0 Å². The van der Waals surface area contributed by atoms with E-state index in [1.165, 1.54) is 17.4 Å². The highest BCUT2D eigenvalue weighted by Crippen LogP contribution is 2.38. The molecule has 0 aliphatic carbocycles. The number of aromatic nitrogens is 2. The van der Waals surface area contributed by atoms with Gasteiger partial charge in [0.05, 0.1) is 30.1 Å². The van der Waals surface area contributed by atoms with E-state index in [1.807, 2.05) is 20.8 Å². The molecule has 1 aliphatic heterocycles. The summed E-state index contributed by atoms with van der Waals surface area (Å²) in [6.45, 7) is 14.9. The summed E-state index contributed by atoms with van der Waals surface area (Å²) in [5.74, 6) is 0.656. The molecule has 0 radical (unpaired) electrons. The van der Waals surface area contributed by atoms with Gasteiger partial charge in [0, 0.05) is 48.7 Å². The molecule has 2 aromatic heterocycles. The van der Waals surface area contributed by atoms with E-state index in [4.69, 9.17) is 20.8 Å². The normalized spacial score (nSPS) is 13.8. The first-order valence-corrected chi connectivity index (χ1v) is 15.2. The first-order valence-electron chi connectivity index (χ1n) is 14.4. The van der Waals surface area contributed by atoms with Gasteiger partial charge >= 0.3 is 6.09 Å². The van der Waals surface area contributed by atoms with E-state index < -0.39 is 11.4 Å². The molecule has 5 rings (SSSR count). The standard InChI is InChI=1S/C33H33FN4O5S/c1-33(2,3)43-32(40)38-12-8-21(9-13-38)20-41-30-19-27-25(18-28(30)35-4)29(7-10-36-27)42-24-6-5-22(26(34)17-24)15-23(39)16-31-37-11-14-44-31/h5-7,10-11,14,17-19,21H,8-9,12-13,15-16,20H2,1-3H3. The molecule has 228 valence electrons. The van der Waals surface area contributed by atoms with Crippen LogP contribution >= 0.6 is 11.3 Å². The van der Waals surface area contributed by atoms with Crippen molar-refractivity contribution in [2.45, 2.75) is 52.1 Å². The molecule has 1 saturated heterocycles. The quantitative estimate of drug-likeness (QED) is 0.179. The molecule has 44 heavy (non-hydrogen) atoms. The zero-order valence-corrected chi connectivity index (χ0v) is 25.7. The predicted octanol–water partition coefficient (Wildman–Crippen LogP) is 7.55. The van der Waals surface area contributed by atoms with Crippen LogP contribution in [-0.4, -0.2) is 52.0 Å². The van der Waals surface area contributed by atoms with Crippen molar-refractivity contribution in [3.05, 3.63) is 82.0 Å². The third-order valence-electron chi connectivity index (χ3n) is 7.12. The van der Waals surface area contributed by atoms with Crippen LogP contribution in [0.3, 0.4) is 0 Å². The first kappa shape index (κ1) is 30.9. The lowest BCUT2D eigenvalue weighted by Crippen LogP contribution is -2.42. The maximum absolute atomic E-state index is 14.9. The number of fused-ring (bicyclic) bond motifs is 1. The Morgan fingerprint density at radius 2 is 1.86 bits per heavy atom. The molecule has 0 saturated carbocycles. The Kier molecular flexibility index (Phi) is 9.40. The van der Waals surface area contributed by atoms with Crippen LogP contribution in [-0.2, 0) is 22.4 Å². The van der Waals surface area contributed by atoms with E-state index >= 15 is 0 Å². The van der Waals surface area contributed by atoms with Crippen molar-refractivity contribution >= 4 is 39.8 Å². The summed E-state index contributed by atoms with van der Waals surface area (Å²) in [5.41, 5.74) is 0.620. The Balaban J connectivity index is 1.23. The smallest absolute Gasteiger partial charge is 0.410 e.